The van der Waals surface area contributed by atoms with E-state index in [9.17, 15) is 14.7 Å². The van der Waals surface area contributed by atoms with Gasteiger partial charge in [0.25, 0.3) is 11.7 Å². The molecule has 32 heavy (non-hydrogen) atoms. The fourth-order valence-electron chi connectivity index (χ4n) is 3.72. The molecule has 4 rings (SSSR count). The average Bonchev–Trinajstić information content (AvgIpc) is 3.40. The number of nitrogens with zero attached hydrogens (tertiary/aromatic N) is 1. The van der Waals surface area contributed by atoms with Gasteiger partial charge in [-0.3, -0.25) is 9.59 Å². The largest absolute Gasteiger partial charge is 0.507 e. The Morgan fingerprint density at radius 1 is 1.12 bits per heavy atom. The van der Waals surface area contributed by atoms with E-state index in [1.54, 1.807) is 36.4 Å². The van der Waals surface area contributed by atoms with Gasteiger partial charge in [-0.15, -0.1) is 0 Å². The Balaban J connectivity index is 1.73. The Hall–Kier alpha value is -3.22. The van der Waals surface area contributed by atoms with Gasteiger partial charge in [-0.1, -0.05) is 35.3 Å². The van der Waals surface area contributed by atoms with Gasteiger partial charge in [0.15, 0.2) is 0 Å². The van der Waals surface area contributed by atoms with Crippen molar-refractivity contribution in [1.29, 1.82) is 0 Å². The number of ketones is 1. The number of carbonyl (C=O) groups is 2. The van der Waals surface area contributed by atoms with E-state index in [4.69, 9.17) is 32.4 Å². The third-order valence-corrected chi connectivity index (χ3v) is 5.88. The maximum atomic E-state index is 13.0. The third kappa shape index (κ3) is 4.11. The van der Waals surface area contributed by atoms with Crippen LogP contribution >= 0.6 is 23.2 Å². The van der Waals surface area contributed by atoms with Gasteiger partial charge in [-0.2, -0.15) is 0 Å². The number of amides is 1. The summed E-state index contributed by atoms with van der Waals surface area (Å²) in [5, 5.41) is 11.9. The van der Waals surface area contributed by atoms with Gasteiger partial charge in [0.1, 0.15) is 23.3 Å². The van der Waals surface area contributed by atoms with Crippen molar-refractivity contribution < 1.29 is 23.8 Å². The van der Waals surface area contributed by atoms with Crippen LogP contribution in [0.15, 0.2) is 70.9 Å². The van der Waals surface area contributed by atoms with E-state index in [1.807, 2.05) is 12.1 Å². The molecule has 164 valence electrons. The molecule has 0 bridgehead atoms. The van der Waals surface area contributed by atoms with Crippen molar-refractivity contribution in [2.45, 2.75) is 12.5 Å². The zero-order valence-corrected chi connectivity index (χ0v) is 18.6. The number of methoxy groups -OCH3 is 1. The number of ether oxygens (including phenoxy) is 1. The van der Waals surface area contributed by atoms with Crippen LogP contribution in [-0.2, 0) is 16.0 Å². The molecule has 1 atom stereocenters. The van der Waals surface area contributed by atoms with E-state index >= 15 is 0 Å². The predicted molar refractivity (Wildman–Crippen MR) is 121 cm³/mol. The smallest absolute Gasteiger partial charge is 0.295 e. The van der Waals surface area contributed by atoms with Crippen LogP contribution in [0.1, 0.15) is 22.9 Å². The molecule has 2 heterocycles. The van der Waals surface area contributed by atoms with E-state index in [-0.39, 0.29) is 22.9 Å². The lowest BCUT2D eigenvalue weighted by Crippen LogP contribution is -2.31. The van der Waals surface area contributed by atoms with Crippen LogP contribution < -0.4 is 4.74 Å². The van der Waals surface area contributed by atoms with Crippen molar-refractivity contribution in [3.63, 3.8) is 0 Å². The lowest BCUT2D eigenvalue weighted by molar-refractivity contribution is -0.140. The van der Waals surface area contributed by atoms with E-state index in [0.717, 1.165) is 5.56 Å². The summed E-state index contributed by atoms with van der Waals surface area (Å²) >= 11 is 12.1. The predicted octanol–water partition coefficient (Wildman–Crippen LogP) is 5.26. The second-order valence-electron chi connectivity index (χ2n) is 7.23. The molecule has 1 fully saturated rings. The van der Waals surface area contributed by atoms with Crippen molar-refractivity contribution >= 4 is 40.7 Å². The van der Waals surface area contributed by atoms with Gasteiger partial charge in [0, 0.05) is 17.1 Å². The summed E-state index contributed by atoms with van der Waals surface area (Å²) in [6.07, 6.45) is 1.95. The maximum absolute atomic E-state index is 13.0. The number of aliphatic hydroxyl groups excluding tert-OH is 1. The fourth-order valence-corrected chi connectivity index (χ4v) is 4.11. The number of halogens is 2. The molecule has 0 spiro atoms. The Morgan fingerprint density at radius 3 is 2.50 bits per heavy atom. The van der Waals surface area contributed by atoms with Crippen molar-refractivity contribution in [3.05, 3.63) is 93.4 Å². The van der Waals surface area contributed by atoms with E-state index in [0.29, 0.717) is 28.5 Å². The van der Waals surface area contributed by atoms with Crippen LogP contribution in [0.5, 0.6) is 5.75 Å². The van der Waals surface area contributed by atoms with Gasteiger partial charge >= 0.3 is 0 Å². The first-order valence-electron chi connectivity index (χ1n) is 9.81. The van der Waals surface area contributed by atoms with Gasteiger partial charge in [0.05, 0.1) is 24.0 Å². The number of hydrogen-bond donors (Lipinski definition) is 1. The van der Waals surface area contributed by atoms with Gasteiger partial charge in [-0.25, -0.2) is 0 Å². The second-order valence-corrected chi connectivity index (χ2v) is 8.08. The molecule has 1 aromatic heterocycles. The quantitative estimate of drug-likeness (QED) is 0.301. The molecule has 0 radical (unpaired) electrons. The molecule has 1 N–H and O–H groups in total. The summed E-state index contributed by atoms with van der Waals surface area (Å²) in [7, 11) is 1.48. The Morgan fingerprint density at radius 2 is 1.88 bits per heavy atom. The minimum Gasteiger partial charge on any atom is -0.507 e. The topological polar surface area (TPSA) is 80.0 Å². The molecule has 1 saturated heterocycles. The number of aliphatic hydroxyl groups is 1. The van der Waals surface area contributed by atoms with Gasteiger partial charge < -0.3 is 19.2 Å². The molecule has 6 nitrogen and oxygen atoms in total. The number of hydrogen-bond acceptors (Lipinski definition) is 5. The van der Waals surface area contributed by atoms with E-state index in [1.165, 1.54) is 24.3 Å². The molecule has 1 amide bonds. The van der Waals surface area contributed by atoms with Crippen molar-refractivity contribution in [3.8, 4) is 5.75 Å². The van der Waals surface area contributed by atoms with Crippen LogP contribution in [0.3, 0.4) is 0 Å². The third-order valence-electron chi connectivity index (χ3n) is 5.33. The number of carbonyl (C=O) groups excluding carboxylic acids is 2. The average molecular weight is 472 g/mol. The number of likely N-dealkylation sites (tertiary alicyclic amines) is 1. The highest BCUT2D eigenvalue weighted by Gasteiger charge is 2.47. The van der Waals surface area contributed by atoms with Crippen molar-refractivity contribution in [2.75, 3.05) is 13.7 Å². The van der Waals surface area contributed by atoms with Crippen LogP contribution in [0.4, 0.5) is 0 Å². The molecule has 1 unspecified atom stereocenters. The van der Waals surface area contributed by atoms with E-state index in [2.05, 4.69) is 0 Å². The van der Waals surface area contributed by atoms with Crippen molar-refractivity contribution in [2.24, 2.45) is 0 Å². The first-order valence-corrected chi connectivity index (χ1v) is 10.6. The maximum Gasteiger partial charge on any atom is 0.295 e. The first kappa shape index (κ1) is 22.0. The zero-order chi connectivity index (χ0) is 22.8. The standard InChI is InChI=1S/C24H19Cl2NO5/c1-31-18-9-6-15(13-17(18)26)22(28)20-21(19-3-2-12-32-19)27(24(30)23(20)29)11-10-14-4-7-16(25)8-5-14/h2-9,12-13,21,28H,10-11H2,1H3/b22-20-. The molecule has 0 saturated carbocycles. The Kier molecular flexibility index (Phi) is 6.26. The molecule has 8 heteroatoms. The molecular formula is C24H19Cl2NO5. The summed E-state index contributed by atoms with van der Waals surface area (Å²) in [5.74, 6) is -1.02. The molecule has 3 aromatic rings. The van der Waals surface area contributed by atoms with Crippen LogP contribution in [-0.4, -0.2) is 35.4 Å². The Bertz CT molecular complexity index is 1190. The minimum absolute atomic E-state index is 0.0534. The second kappa shape index (κ2) is 9.10. The van der Waals surface area contributed by atoms with Crippen molar-refractivity contribution in [1.82, 2.24) is 4.90 Å². The lowest BCUT2D eigenvalue weighted by atomic mass is 9.99. The normalized spacial score (nSPS) is 17.7. The number of benzene rings is 2. The monoisotopic (exact) mass is 471 g/mol. The summed E-state index contributed by atoms with van der Waals surface area (Å²) in [6, 6.07) is 14.4. The Labute approximate surface area is 194 Å². The summed E-state index contributed by atoms with van der Waals surface area (Å²) in [4.78, 5) is 27.3. The SMILES string of the molecule is COc1ccc(/C(O)=C2/C(=O)C(=O)N(CCc3ccc(Cl)cc3)C2c2ccco2)cc1Cl. The molecule has 1 aliphatic heterocycles. The lowest BCUT2D eigenvalue weighted by Gasteiger charge is -2.23. The van der Waals surface area contributed by atoms with Gasteiger partial charge in [-0.05, 0) is 54.4 Å². The first-order chi connectivity index (χ1) is 15.4. The van der Waals surface area contributed by atoms with Crippen LogP contribution in [0.25, 0.3) is 5.76 Å². The zero-order valence-electron chi connectivity index (χ0n) is 17.0. The highest BCUT2D eigenvalue weighted by Crippen LogP contribution is 2.40. The van der Waals surface area contributed by atoms with Gasteiger partial charge in [0.2, 0.25) is 0 Å². The molecule has 1 aliphatic rings. The van der Waals surface area contributed by atoms with Crippen LogP contribution in [0.2, 0.25) is 10.0 Å². The summed E-state index contributed by atoms with van der Waals surface area (Å²) in [6.45, 7) is 0.248. The number of furan rings is 1. The molecule has 0 aliphatic carbocycles. The summed E-state index contributed by atoms with van der Waals surface area (Å²) < 4.78 is 10.7. The minimum atomic E-state index is -0.863. The summed E-state index contributed by atoms with van der Waals surface area (Å²) in [5.41, 5.74) is 1.20. The highest BCUT2D eigenvalue weighted by atomic mass is 35.5. The molecule has 2 aromatic carbocycles. The number of Topliss-reactive ketones (excluding diaryl/α,β-unsaturated/α-hetero) is 1. The van der Waals surface area contributed by atoms with Crippen LogP contribution in [0, 0.1) is 0 Å². The molecular weight excluding hydrogens is 453 g/mol. The van der Waals surface area contributed by atoms with E-state index < -0.39 is 17.7 Å². The number of rotatable bonds is 6. The highest BCUT2D eigenvalue weighted by molar-refractivity contribution is 6.46. The fraction of sp³-hybridized carbons (Fsp3) is 0.167.